The van der Waals surface area contributed by atoms with Crippen molar-refractivity contribution in [1.29, 1.82) is 0 Å². The van der Waals surface area contributed by atoms with E-state index in [-0.39, 0.29) is 11.4 Å². The molecule has 0 N–H and O–H groups in total. The van der Waals surface area contributed by atoms with Crippen LogP contribution in [0.2, 0.25) is 0 Å². The van der Waals surface area contributed by atoms with Gasteiger partial charge in [-0.3, -0.25) is 9.48 Å². The van der Waals surface area contributed by atoms with Crippen LogP contribution in [0, 0.1) is 13.8 Å². The van der Waals surface area contributed by atoms with Gasteiger partial charge in [0.25, 0.3) is 0 Å². The molecule has 0 saturated carbocycles. The molecule has 2 aliphatic rings. The summed E-state index contributed by atoms with van der Waals surface area (Å²) in [4.78, 5) is 12.1. The molecule has 1 aromatic rings. The zero-order valence-electron chi connectivity index (χ0n) is 13.1. The van der Waals surface area contributed by atoms with Gasteiger partial charge in [-0.05, 0) is 38.9 Å². The van der Waals surface area contributed by atoms with E-state index in [1.807, 2.05) is 32.5 Å². The van der Waals surface area contributed by atoms with Gasteiger partial charge in [0.2, 0.25) is 0 Å². The lowest BCUT2D eigenvalue weighted by Gasteiger charge is -2.38. The number of rotatable bonds is 3. The van der Waals surface area contributed by atoms with Crippen LogP contribution in [0.5, 0.6) is 0 Å². The lowest BCUT2D eigenvalue weighted by atomic mass is 9.90. The van der Waals surface area contributed by atoms with E-state index < -0.39 is 0 Å². The molecule has 1 spiro atoms. The van der Waals surface area contributed by atoms with Crippen molar-refractivity contribution < 1.29 is 9.53 Å². The number of ketones is 1. The number of nitrogens with zero attached hydrogens (tertiary/aromatic N) is 2. The van der Waals surface area contributed by atoms with Gasteiger partial charge >= 0.3 is 0 Å². The van der Waals surface area contributed by atoms with Crippen LogP contribution in [-0.4, -0.2) is 39.3 Å². The van der Waals surface area contributed by atoms with Crippen molar-refractivity contribution in [2.24, 2.45) is 0 Å². The molecule has 4 nitrogen and oxygen atoms in total. The largest absolute Gasteiger partial charge is 0.374 e. The van der Waals surface area contributed by atoms with Crippen molar-refractivity contribution in [2.45, 2.75) is 58.1 Å². The monoisotopic (exact) mass is 308 g/mol. The summed E-state index contributed by atoms with van der Waals surface area (Å²) in [6.07, 6.45) is 3.71. The Morgan fingerprint density at radius 3 is 3.00 bits per heavy atom. The number of hydrogen-bond donors (Lipinski definition) is 0. The van der Waals surface area contributed by atoms with Gasteiger partial charge in [0, 0.05) is 24.5 Å². The summed E-state index contributed by atoms with van der Waals surface area (Å²) in [7, 11) is 0. The molecule has 1 aromatic heterocycles. The Morgan fingerprint density at radius 1 is 1.52 bits per heavy atom. The molecule has 2 saturated heterocycles. The molecule has 2 atom stereocenters. The Bertz CT molecular complexity index is 547. The van der Waals surface area contributed by atoms with Crippen LogP contribution in [0.4, 0.5) is 0 Å². The van der Waals surface area contributed by atoms with Crippen LogP contribution in [0.25, 0.3) is 0 Å². The quantitative estimate of drug-likeness (QED) is 0.804. The molecular weight excluding hydrogens is 284 g/mol. The average molecular weight is 308 g/mol. The fourth-order valence-corrected chi connectivity index (χ4v) is 5.05. The molecule has 5 heteroatoms. The minimum atomic E-state index is 0.0504. The fourth-order valence-electron chi connectivity index (χ4n) is 3.67. The second-order valence-electron chi connectivity index (χ2n) is 6.25. The van der Waals surface area contributed by atoms with E-state index >= 15 is 0 Å². The number of carbonyl (C=O) groups is 1. The summed E-state index contributed by atoms with van der Waals surface area (Å²) < 4.78 is 8.20. The highest BCUT2D eigenvalue weighted by Crippen LogP contribution is 2.42. The Kier molecular flexibility index (Phi) is 4.14. The van der Waals surface area contributed by atoms with E-state index in [9.17, 15) is 4.79 Å². The van der Waals surface area contributed by atoms with E-state index in [1.165, 1.54) is 5.75 Å². The number of aryl methyl sites for hydroxylation is 1. The molecule has 116 valence electrons. The highest BCUT2D eigenvalue weighted by Gasteiger charge is 2.41. The molecule has 2 unspecified atom stereocenters. The van der Waals surface area contributed by atoms with Crippen molar-refractivity contribution in [3.8, 4) is 0 Å². The predicted molar refractivity (Wildman–Crippen MR) is 85.2 cm³/mol. The second kappa shape index (κ2) is 5.76. The highest BCUT2D eigenvalue weighted by molar-refractivity contribution is 7.99. The van der Waals surface area contributed by atoms with Crippen LogP contribution in [0.15, 0.2) is 0 Å². The van der Waals surface area contributed by atoms with Crippen LogP contribution < -0.4 is 0 Å². The molecule has 2 aliphatic heterocycles. The molecule has 21 heavy (non-hydrogen) atoms. The van der Waals surface area contributed by atoms with Crippen LogP contribution in [0.1, 0.15) is 60.4 Å². The van der Waals surface area contributed by atoms with Crippen molar-refractivity contribution >= 4 is 17.5 Å². The number of ether oxygens (including phenoxy) is 1. The van der Waals surface area contributed by atoms with Crippen LogP contribution in [0.3, 0.4) is 0 Å². The summed E-state index contributed by atoms with van der Waals surface area (Å²) in [6, 6.07) is 0.370. The van der Waals surface area contributed by atoms with Gasteiger partial charge in [0.05, 0.1) is 22.9 Å². The summed E-state index contributed by atoms with van der Waals surface area (Å²) in [6.45, 7) is 6.71. The van der Waals surface area contributed by atoms with Crippen LogP contribution in [-0.2, 0) is 4.74 Å². The van der Waals surface area contributed by atoms with Crippen molar-refractivity contribution in [1.82, 2.24) is 9.78 Å². The molecule has 0 aliphatic carbocycles. The van der Waals surface area contributed by atoms with Crippen molar-refractivity contribution in [3.63, 3.8) is 0 Å². The van der Waals surface area contributed by atoms with Crippen molar-refractivity contribution in [3.05, 3.63) is 17.0 Å². The van der Waals surface area contributed by atoms with Gasteiger partial charge in [-0.25, -0.2) is 0 Å². The van der Waals surface area contributed by atoms with Crippen molar-refractivity contribution in [2.75, 3.05) is 18.1 Å². The molecule has 3 rings (SSSR count). The van der Waals surface area contributed by atoms with E-state index in [0.29, 0.717) is 12.5 Å². The maximum atomic E-state index is 12.1. The average Bonchev–Trinajstić information content (AvgIpc) is 3.03. The smallest absolute Gasteiger partial charge is 0.166 e. The fraction of sp³-hybridized carbons (Fsp3) is 0.750. The molecule has 0 amide bonds. The maximum absolute atomic E-state index is 12.1. The molecule has 0 radical (unpaired) electrons. The Labute approximate surface area is 130 Å². The summed E-state index contributed by atoms with van der Waals surface area (Å²) in [5, 5.41) is 4.69. The normalized spacial score (nSPS) is 29.2. The first-order valence-corrected chi connectivity index (χ1v) is 9.02. The van der Waals surface area contributed by atoms with E-state index in [0.717, 1.165) is 48.6 Å². The van der Waals surface area contributed by atoms with E-state index in [2.05, 4.69) is 4.68 Å². The Balaban J connectivity index is 1.88. The van der Waals surface area contributed by atoms with Gasteiger partial charge < -0.3 is 4.74 Å². The van der Waals surface area contributed by atoms with E-state index in [1.54, 1.807) is 0 Å². The van der Waals surface area contributed by atoms with Gasteiger partial charge in [0.15, 0.2) is 5.78 Å². The zero-order valence-corrected chi connectivity index (χ0v) is 14.0. The topological polar surface area (TPSA) is 44.1 Å². The molecule has 0 bridgehead atoms. The molecule has 0 aromatic carbocycles. The standard InChI is InChI=1S/C16H24N2O2S/c1-4-14(19)15-11(2)17-18(12(15)3)13-5-7-20-16(9-13)6-8-21-10-16/h13H,4-10H2,1-3H3. The SMILES string of the molecule is CCC(=O)c1c(C)nn(C2CCOC3(CCSC3)C2)c1C. The summed E-state index contributed by atoms with van der Waals surface area (Å²) in [5.74, 6) is 2.50. The van der Waals surface area contributed by atoms with Gasteiger partial charge in [-0.2, -0.15) is 16.9 Å². The summed E-state index contributed by atoms with van der Waals surface area (Å²) in [5.41, 5.74) is 2.79. The zero-order chi connectivity index (χ0) is 15.0. The lowest BCUT2D eigenvalue weighted by Crippen LogP contribution is -2.41. The summed E-state index contributed by atoms with van der Waals surface area (Å²) >= 11 is 1.99. The highest BCUT2D eigenvalue weighted by atomic mass is 32.2. The van der Waals surface area contributed by atoms with Gasteiger partial charge in [-0.1, -0.05) is 6.92 Å². The minimum Gasteiger partial charge on any atom is -0.374 e. The lowest BCUT2D eigenvalue weighted by molar-refractivity contribution is -0.0781. The predicted octanol–water partition coefficient (Wildman–Crippen LogP) is 3.32. The third-order valence-electron chi connectivity index (χ3n) is 4.80. The van der Waals surface area contributed by atoms with Gasteiger partial charge in [0.1, 0.15) is 0 Å². The third kappa shape index (κ3) is 2.66. The number of thioether (sulfide) groups is 1. The molecule has 3 heterocycles. The molecule has 2 fully saturated rings. The second-order valence-corrected chi connectivity index (χ2v) is 7.35. The minimum absolute atomic E-state index is 0.0504. The Hall–Kier alpha value is -0.810. The third-order valence-corrected chi connectivity index (χ3v) is 6.03. The number of carbonyl (C=O) groups excluding carboxylic acids is 1. The molecular formula is C16H24N2O2S. The maximum Gasteiger partial charge on any atom is 0.166 e. The first-order valence-electron chi connectivity index (χ1n) is 7.87. The van der Waals surface area contributed by atoms with Crippen LogP contribution >= 0.6 is 11.8 Å². The number of aromatic nitrogens is 2. The Morgan fingerprint density at radius 2 is 2.33 bits per heavy atom. The van der Waals surface area contributed by atoms with E-state index in [4.69, 9.17) is 9.84 Å². The number of Topliss-reactive ketones (excluding diaryl/α,β-unsaturated/α-hetero) is 1. The number of hydrogen-bond acceptors (Lipinski definition) is 4. The van der Waals surface area contributed by atoms with Gasteiger partial charge in [-0.15, -0.1) is 0 Å². The first-order chi connectivity index (χ1) is 10.1. The first kappa shape index (κ1) is 15.1.